The molecule has 0 aliphatic carbocycles. The largest absolute Gasteiger partial charge is 0.382 e. The van der Waals surface area contributed by atoms with E-state index in [4.69, 9.17) is 9.57 Å². The van der Waals surface area contributed by atoms with Gasteiger partial charge in [0.25, 0.3) is 0 Å². The molecule has 0 saturated carbocycles. The van der Waals surface area contributed by atoms with E-state index in [9.17, 15) is 0 Å². The lowest BCUT2D eigenvalue weighted by molar-refractivity contribution is -0.0142. The van der Waals surface area contributed by atoms with Gasteiger partial charge in [0, 0.05) is 13.2 Å². The Bertz CT molecular complexity index is 156. The Labute approximate surface area is 92.9 Å². The van der Waals surface area contributed by atoms with Crippen LogP contribution in [0.3, 0.4) is 0 Å². The number of nitrogens with zero attached hydrogens (tertiary/aromatic N) is 1. The minimum absolute atomic E-state index is 0.512. The summed E-state index contributed by atoms with van der Waals surface area (Å²) in [7, 11) is 1.69. The van der Waals surface area contributed by atoms with Crippen molar-refractivity contribution in [1.29, 1.82) is 0 Å². The van der Waals surface area contributed by atoms with Crippen LogP contribution < -0.4 is 5.48 Å². The highest BCUT2D eigenvalue weighted by atomic mass is 16.7. The van der Waals surface area contributed by atoms with Crippen LogP contribution in [-0.4, -0.2) is 50.9 Å². The molecule has 1 heterocycles. The summed E-state index contributed by atoms with van der Waals surface area (Å²) in [5.41, 5.74) is 3.13. The Morgan fingerprint density at radius 2 is 2.13 bits per heavy atom. The molecule has 1 saturated heterocycles. The Balaban J connectivity index is 2.08. The van der Waals surface area contributed by atoms with Gasteiger partial charge in [-0.15, -0.1) is 0 Å². The van der Waals surface area contributed by atoms with E-state index in [2.05, 4.69) is 17.3 Å². The van der Waals surface area contributed by atoms with Crippen molar-refractivity contribution in [1.82, 2.24) is 10.4 Å². The van der Waals surface area contributed by atoms with Gasteiger partial charge in [0.1, 0.15) is 0 Å². The van der Waals surface area contributed by atoms with Crippen LogP contribution in [0.15, 0.2) is 0 Å². The molecule has 90 valence electrons. The predicted octanol–water partition coefficient (Wildman–Crippen LogP) is 1.03. The van der Waals surface area contributed by atoms with Crippen LogP contribution in [0.2, 0.25) is 0 Å². The molecule has 15 heavy (non-hydrogen) atoms. The zero-order chi connectivity index (χ0) is 10.9. The molecule has 0 amide bonds. The number of nitrogens with one attached hydrogen (secondary N) is 1. The normalized spacial score (nSPS) is 24.0. The van der Waals surface area contributed by atoms with Gasteiger partial charge in [-0.3, -0.25) is 4.84 Å². The van der Waals surface area contributed by atoms with Crippen LogP contribution in [0.1, 0.15) is 26.2 Å². The minimum atomic E-state index is 0.512. The van der Waals surface area contributed by atoms with Gasteiger partial charge < -0.3 is 9.64 Å². The first-order valence-electron chi connectivity index (χ1n) is 5.95. The van der Waals surface area contributed by atoms with Crippen molar-refractivity contribution >= 4 is 0 Å². The van der Waals surface area contributed by atoms with E-state index in [1.54, 1.807) is 7.11 Å². The first-order valence-corrected chi connectivity index (χ1v) is 5.95. The molecule has 4 heteroatoms. The maximum atomic E-state index is 5.34. The molecule has 1 rings (SSSR count). The second kappa shape index (κ2) is 8.05. The van der Waals surface area contributed by atoms with E-state index in [-0.39, 0.29) is 0 Å². The average Bonchev–Trinajstić information content (AvgIpc) is 2.49. The van der Waals surface area contributed by atoms with Gasteiger partial charge >= 0.3 is 0 Å². The summed E-state index contributed by atoms with van der Waals surface area (Å²) in [6, 6.07) is 0.512. The first kappa shape index (κ1) is 12.9. The topological polar surface area (TPSA) is 33.7 Å². The van der Waals surface area contributed by atoms with Crippen LogP contribution in [-0.2, 0) is 9.57 Å². The van der Waals surface area contributed by atoms with Gasteiger partial charge in [-0.25, -0.2) is 0 Å². The summed E-state index contributed by atoms with van der Waals surface area (Å²) in [6.07, 6.45) is 3.66. The molecule has 0 aromatic carbocycles. The van der Waals surface area contributed by atoms with Crippen LogP contribution in [0.5, 0.6) is 0 Å². The monoisotopic (exact) mass is 216 g/mol. The smallest absolute Gasteiger partial charge is 0.0915 e. The van der Waals surface area contributed by atoms with Gasteiger partial charge in [0.15, 0.2) is 0 Å². The average molecular weight is 216 g/mol. The third-order valence-corrected chi connectivity index (χ3v) is 2.91. The number of methoxy groups -OCH3 is 1. The molecular formula is C11H24N2O2. The molecule has 0 spiro atoms. The third-order valence-electron chi connectivity index (χ3n) is 2.91. The lowest BCUT2D eigenvalue weighted by Gasteiger charge is -2.18. The Kier molecular flexibility index (Phi) is 6.92. The number of hydroxylamine groups is 1. The fraction of sp³-hybridized carbons (Fsp3) is 1.00. The lowest BCUT2D eigenvalue weighted by atomic mass is 10.1. The summed E-state index contributed by atoms with van der Waals surface area (Å²) >= 11 is 0. The number of likely N-dealkylation sites (tertiary alicyclic amines) is 1. The highest BCUT2D eigenvalue weighted by molar-refractivity contribution is 4.71. The highest BCUT2D eigenvalue weighted by Crippen LogP contribution is 2.10. The second-order valence-electron chi connectivity index (χ2n) is 4.02. The molecule has 4 nitrogen and oxygen atoms in total. The summed E-state index contributed by atoms with van der Waals surface area (Å²) in [6.45, 7) is 7.08. The molecule has 1 fully saturated rings. The fourth-order valence-corrected chi connectivity index (χ4v) is 1.89. The number of ether oxygens (including phenoxy) is 1. The van der Waals surface area contributed by atoms with Crippen LogP contribution in [0.25, 0.3) is 0 Å². The van der Waals surface area contributed by atoms with E-state index >= 15 is 0 Å². The van der Waals surface area contributed by atoms with Gasteiger partial charge in [0.2, 0.25) is 0 Å². The van der Waals surface area contributed by atoms with Crippen molar-refractivity contribution in [2.24, 2.45) is 0 Å². The van der Waals surface area contributed by atoms with E-state index in [1.165, 1.54) is 32.4 Å². The lowest BCUT2D eigenvalue weighted by Crippen LogP contribution is -2.32. The van der Waals surface area contributed by atoms with Gasteiger partial charge in [-0.05, 0) is 38.9 Å². The van der Waals surface area contributed by atoms with Crippen molar-refractivity contribution in [3.63, 3.8) is 0 Å². The van der Waals surface area contributed by atoms with E-state index in [0.717, 1.165) is 6.54 Å². The zero-order valence-corrected chi connectivity index (χ0v) is 10.00. The quantitative estimate of drug-likeness (QED) is 0.531. The predicted molar refractivity (Wildman–Crippen MR) is 60.7 cm³/mol. The van der Waals surface area contributed by atoms with Crippen molar-refractivity contribution in [3.8, 4) is 0 Å². The van der Waals surface area contributed by atoms with Crippen LogP contribution >= 0.6 is 0 Å². The zero-order valence-electron chi connectivity index (χ0n) is 10.00. The Hall–Kier alpha value is -0.160. The maximum Gasteiger partial charge on any atom is 0.0915 e. The molecule has 0 bridgehead atoms. The maximum absolute atomic E-state index is 5.34. The third kappa shape index (κ3) is 5.47. The summed E-state index contributed by atoms with van der Waals surface area (Å²) in [4.78, 5) is 7.84. The van der Waals surface area contributed by atoms with E-state index < -0.39 is 0 Å². The van der Waals surface area contributed by atoms with Crippen molar-refractivity contribution in [2.45, 2.75) is 32.2 Å². The number of hydrogen-bond donors (Lipinski definition) is 1. The summed E-state index contributed by atoms with van der Waals surface area (Å²) in [5, 5.41) is 0. The van der Waals surface area contributed by atoms with Crippen LogP contribution in [0.4, 0.5) is 0 Å². The molecule has 0 radical (unpaired) electrons. The van der Waals surface area contributed by atoms with Gasteiger partial charge in [-0.2, -0.15) is 5.48 Å². The highest BCUT2D eigenvalue weighted by Gasteiger charge is 2.15. The second-order valence-corrected chi connectivity index (χ2v) is 4.02. The minimum Gasteiger partial charge on any atom is -0.382 e. The Morgan fingerprint density at radius 3 is 2.87 bits per heavy atom. The number of hydrogen-bond acceptors (Lipinski definition) is 4. The van der Waals surface area contributed by atoms with Gasteiger partial charge in [-0.1, -0.05) is 6.92 Å². The molecular weight excluding hydrogens is 192 g/mol. The molecule has 0 aromatic rings. The van der Waals surface area contributed by atoms with E-state index in [1.807, 2.05) is 0 Å². The molecule has 1 aliphatic heterocycles. The molecule has 1 N–H and O–H groups in total. The van der Waals surface area contributed by atoms with Gasteiger partial charge in [0.05, 0.1) is 13.2 Å². The standard InChI is InChI=1S/C11H24N2O2/c1-3-13-7-4-5-11(6-8-13)12-15-10-9-14-2/h11-12H,3-10H2,1-2H3. The summed E-state index contributed by atoms with van der Waals surface area (Å²) in [5.74, 6) is 0. The first-order chi connectivity index (χ1) is 7.36. The number of rotatable bonds is 6. The molecule has 1 unspecified atom stereocenters. The molecule has 1 aliphatic rings. The Morgan fingerprint density at radius 1 is 1.27 bits per heavy atom. The SMILES string of the molecule is CCN1CCCC(NOCCOC)CC1. The van der Waals surface area contributed by atoms with Crippen molar-refractivity contribution in [3.05, 3.63) is 0 Å². The van der Waals surface area contributed by atoms with E-state index in [0.29, 0.717) is 19.3 Å². The molecule has 0 aromatic heterocycles. The summed E-state index contributed by atoms with van der Waals surface area (Å²) < 4.78 is 4.92. The van der Waals surface area contributed by atoms with Crippen molar-refractivity contribution < 1.29 is 9.57 Å². The van der Waals surface area contributed by atoms with Crippen LogP contribution in [0, 0.1) is 0 Å². The molecule has 1 atom stereocenters. The fourth-order valence-electron chi connectivity index (χ4n) is 1.89. The van der Waals surface area contributed by atoms with Crippen molar-refractivity contribution in [2.75, 3.05) is 40.0 Å².